The molecule has 3 rings (SSSR count). The summed E-state index contributed by atoms with van der Waals surface area (Å²) < 4.78 is 5.79. The number of nitrogens with zero attached hydrogens (tertiary/aromatic N) is 1. The van der Waals surface area contributed by atoms with Gasteiger partial charge in [0.1, 0.15) is 6.10 Å². The molecular weight excluding hydrogens is 238 g/mol. The van der Waals surface area contributed by atoms with Crippen LogP contribution >= 0.6 is 0 Å². The second-order valence-electron chi connectivity index (χ2n) is 6.75. The number of ether oxygens (including phenoxy) is 1. The van der Waals surface area contributed by atoms with Crippen molar-refractivity contribution < 1.29 is 9.53 Å². The number of hydrogen-bond donors (Lipinski definition) is 0. The molecule has 102 valence electrons. The van der Waals surface area contributed by atoms with Crippen LogP contribution in [0.2, 0.25) is 0 Å². The Kier molecular flexibility index (Phi) is 2.70. The van der Waals surface area contributed by atoms with E-state index in [0.717, 1.165) is 12.8 Å². The Balaban J connectivity index is 1.78. The van der Waals surface area contributed by atoms with Gasteiger partial charge in [0.2, 0.25) is 0 Å². The van der Waals surface area contributed by atoms with Gasteiger partial charge in [0.25, 0.3) is 0 Å². The highest BCUT2D eigenvalue weighted by atomic mass is 16.5. The van der Waals surface area contributed by atoms with Gasteiger partial charge in [-0.1, -0.05) is 20.8 Å². The number of rotatable bonds is 2. The molecule has 2 saturated carbocycles. The van der Waals surface area contributed by atoms with Gasteiger partial charge in [-0.3, -0.25) is 4.98 Å². The molecule has 19 heavy (non-hydrogen) atoms. The van der Waals surface area contributed by atoms with E-state index < -0.39 is 0 Å². The highest BCUT2D eigenvalue weighted by Gasteiger charge is 2.62. The predicted octanol–water partition coefficient (Wildman–Crippen LogP) is 3.45. The molecule has 2 aliphatic carbocycles. The molecule has 0 amide bonds. The van der Waals surface area contributed by atoms with Crippen LogP contribution < -0.4 is 0 Å². The highest BCUT2D eigenvalue weighted by molar-refractivity contribution is 5.89. The molecule has 1 aromatic rings. The zero-order chi connectivity index (χ0) is 13.7. The van der Waals surface area contributed by atoms with Crippen molar-refractivity contribution in [2.24, 2.45) is 16.7 Å². The summed E-state index contributed by atoms with van der Waals surface area (Å²) >= 11 is 0. The summed E-state index contributed by atoms with van der Waals surface area (Å²) in [7, 11) is 0. The monoisotopic (exact) mass is 259 g/mol. The molecule has 0 saturated heterocycles. The van der Waals surface area contributed by atoms with Crippen molar-refractivity contribution in [1.82, 2.24) is 4.98 Å². The third-order valence-electron chi connectivity index (χ3n) is 5.86. The third kappa shape index (κ3) is 1.71. The SMILES string of the molecule is CC1(C)[C@@H]2CC[C@@]1(C)[C@@H](OC(=O)c1cccnc1)C2. The predicted molar refractivity (Wildman–Crippen MR) is 72.7 cm³/mol. The van der Waals surface area contributed by atoms with Crippen LogP contribution in [-0.2, 0) is 4.74 Å². The van der Waals surface area contributed by atoms with Crippen LogP contribution in [0.5, 0.6) is 0 Å². The summed E-state index contributed by atoms with van der Waals surface area (Å²) in [5.41, 5.74) is 0.939. The van der Waals surface area contributed by atoms with Crippen molar-refractivity contribution in [3.63, 3.8) is 0 Å². The van der Waals surface area contributed by atoms with Crippen LogP contribution in [-0.4, -0.2) is 17.1 Å². The first-order chi connectivity index (χ1) is 8.95. The van der Waals surface area contributed by atoms with Crippen molar-refractivity contribution in [3.8, 4) is 0 Å². The molecular formula is C16H21NO2. The molecule has 3 heteroatoms. The first-order valence-electron chi connectivity index (χ1n) is 7.06. The van der Waals surface area contributed by atoms with Gasteiger partial charge in [0.15, 0.2) is 0 Å². The van der Waals surface area contributed by atoms with Crippen LogP contribution in [0.25, 0.3) is 0 Å². The summed E-state index contributed by atoms with van der Waals surface area (Å²) in [6.07, 6.45) is 6.73. The zero-order valence-electron chi connectivity index (χ0n) is 11.8. The van der Waals surface area contributed by atoms with Crippen molar-refractivity contribution in [2.75, 3.05) is 0 Å². The molecule has 1 heterocycles. The fourth-order valence-electron chi connectivity index (χ4n) is 3.99. The van der Waals surface area contributed by atoms with E-state index in [2.05, 4.69) is 25.8 Å². The van der Waals surface area contributed by atoms with Gasteiger partial charge >= 0.3 is 5.97 Å². The molecule has 0 aromatic carbocycles. The molecule has 0 unspecified atom stereocenters. The van der Waals surface area contributed by atoms with Crippen LogP contribution in [0.15, 0.2) is 24.5 Å². The van der Waals surface area contributed by atoms with Gasteiger partial charge in [-0.05, 0) is 42.7 Å². The van der Waals surface area contributed by atoms with E-state index in [0.29, 0.717) is 11.5 Å². The van der Waals surface area contributed by atoms with Crippen LogP contribution in [0.4, 0.5) is 0 Å². The maximum atomic E-state index is 12.2. The molecule has 0 N–H and O–H groups in total. The average Bonchev–Trinajstić information content (AvgIpc) is 2.73. The number of fused-ring (bicyclic) bond motifs is 2. The minimum Gasteiger partial charge on any atom is -0.458 e. The van der Waals surface area contributed by atoms with E-state index in [1.54, 1.807) is 24.5 Å². The molecule has 2 bridgehead atoms. The van der Waals surface area contributed by atoms with Gasteiger partial charge in [-0.2, -0.15) is 0 Å². The van der Waals surface area contributed by atoms with Crippen molar-refractivity contribution in [3.05, 3.63) is 30.1 Å². The fraction of sp³-hybridized carbons (Fsp3) is 0.625. The van der Waals surface area contributed by atoms with Gasteiger partial charge in [-0.15, -0.1) is 0 Å². The number of esters is 1. The second kappa shape index (κ2) is 4.06. The Morgan fingerprint density at radius 1 is 1.42 bits per heavy atom. The largest absolute Gasteiger partial charge is 0.458 e. The number of pyridine rings is 1. The van der Waals surface area contributed by atoms with E-state index in [1.165, 1.54) is 6.42 Å². The molecule has 3 atom stereocenters. The van der Waals surface area contributed by atoms with Crippen LogP contribution in [0.1, 0.15) is 50.4 Å². The standard InChI is InChI=1S/C16H21NO2/c1-15(2)12-6-7-16(15,3)13(9-12)19-14(18)11-5-4-8-17-10-11/h4-5,8,10,12-13H,6-7,9H2,1-3H3/t12-,13+,16+/m1/s1. The van der Waals surface area contributed by atoms with Crippen molar-refractivity contribution >= 4 is 5.97 Å². The Bertz CT molecular complexity index is 497. The van der Waals surface area contributed by atoms with Gasteiger partial charge in [-0.25, -0.2) is 4.79 Å². The Hall–Kier alpha value is -1.38. The Morgan fingerprint density at radius 3 is 2.74 bits per heavy atom. The lowest BCUT2D eigenvalue weighted by Gasteiger charge is -2.38. The molecule has 2 aliphatic rings. The summed E-state index contributed by atoms with van der Waals surface area (Å²) in [6.45, 7) is 6.92. The Labute approximate surface area is 114 Å². The lowest BCUT2D eigenvalue weighted by Crippen LogP contribution is -2.38. The van der Waals surface area contributed by atoms with Crippen LogP contribution in [0, 0.1) is 16.7 Å². The normalized spacial score (nSPS) is 35.3. The van der Waals surface area contributed by atoms with Crippen molar-refractivity contribution in [2.45, 2.75) is 46.1 Å². The van der Waals surface area contributed by atoms with E-state index in [4.69, 9.17) is 4.74 Å². The first-order valence-corrected chi connectivity index (χ1v) is 7.06. The molecule has 1 aromatic heterocycles. The highest BCUT2D eigenvalue weighted by Crippen LogP contribution is 2.66. The van der Waals surface area contributed by atoms with Crippen LogP contribution in [0.3, 0.4) is 0 Å². The van der Waals surface area contributed by atoms with Gasteiger partial charge < -0.3 is 4.74 Å². The first kappa shape index (κ1) is 12.6. The number of aromatic nitrogens is 1. The fourth-order valence-corrected chi connectivity index (χ4v) is 3.99. The molecule has 0 radical (unpaired) electrons. The number of carbonyl (C=O) groups excluding carboxylic acids is 1. The Morgan fingerprint density at radius 2 is 2.21 bits per heavy atom. The average molecular weight is 259 g/mol. The maximum absolute atomic E-state index is 12.2. The minimum absolute atomic E-state index is 0.0500. The van der Waals surface area contributed by atoms with E-state index in [-0.39, 0.29) is 22.9 Å². The number of hydrogen-bond acceptors (Lipinski definition) is 3. The summed E-state index contributed by atoms with van der Waals surface area (Å²) in [6, 6.07) is 3.53. The topological polar surface area (TPSA) is 39.2 Å². The molecule has 0 spiro atoms. The summed E-state index contributed by atoms with van der Waals surface area (Å²) in [5, 5.41) is 0. The summed E-state index contributed by atoms with van der Waals surface area (Å²) in [5.74, 6) is 0.451. The quantitative estimate of drug-likeness (QED) is 0.764. The van der Waals surface area contributed by atoms with E-state index in [1.807, 2.05) is 0 Å². The number of carbonyl (C=O) groups is 1. The minimum atomic E-state index is -0.234. The molecule has 3 nitrogen and oxygen atoms in total. The van der Waals surface area contributed by atoms with Crippen molar-refractivity contribution in [1.29, 1.82) is 0 Å². The maximum Gasteiger partial charge on any atom is 0.339 e. The molecule has 0 aliphatic heterocycles. The van der Waals surface area contributed by atoms with E-state index in [9.17, 15) is 4.79 Å². The van der Waals surface area contributed by atoms with Gasteiger partial charge in [0.05, 0.1) is 5.56 Å². The summed E-state index contributed by atoms with van der Waals surface area (Å²) in [4.78, 5) is 16.1. The lowest BCUT2D eigenvalue weighted by atomic mass is 9.70. The second-order valence-corrected chi connectivity index (χ2v) is 6.75. The third-order valence-corrected chi connectivity index (χ3v) is 5.86. The molecule has 2 fully saturated rings. The zero-order valence-corrected chi connectivity index (χ0v) is 11.8. The van der Waals surface area contributed by atoms with E-state index >= 15 is 0 Å². The lowest BCUT2D eigenvalue weighted by molar-refractivity contribution is -0.0242. The smallest absolute Gasteiger partial charge is 0.339 e. The van der Waals surface area contributed by atoms with Gasteiger partial charge in [0, 0.05) is 17.8 Å².